The first-order valence-electron chi connectivity index (χ1n) is 6.56. The van der Waals surface area contributed by atoms with Crippen molar-refractivity contribution in [1.29, 1.82) is 0 Å². The largest absolute Gasteiger partial charge is 0.497 e. The van der Waals surface area contributed by atoms with Crippen molar-refractivity contribution in [3.63, 3.8) is 0 Å². The Kier molecular flexibility index (Phi) is 4.10. The van der Waals surface area contributed by atoms with Crippen LogP contribution in [0.2, 0.25) is 0 Å². The van der Waals surface area contributed by atoms with Gasteiger partial charge in [-0.05, 0) is 37.6 Å². The van der Waals surface area contributed by atoms with Crippen LogP contribution in [0.5, 0.6) is 5.75 Å². The molecular weight excluding hydrogens is 240 g/mol. The van der Waals surface area contributed by atoms with E-state index in [2.05, 4.69) is 12.2 Å². The first-order chi connectivity index (χ1) is 9.13. The fourth-order valence-electron chi connectivity index (χ4n) is 2.02. The lowest BCUT2D eigenvalue weighted by Crippen LogP contribution is -2.34. The third-order valence-electron chi connectivity index (χ3n) is 3.31. The Morgan fingerprint density at radius 1 is 1.42 bits per heavy atom. The summed E-state index contributed by atoms with van der Waals surface area (Å²) in [5.74, 6) is 0.872. The van der Waals surface area contributed by atoms with Gasteiger partial charge in [0.15, 0.2) is 0 Å². The minimum atomic E-state index is 0.0441. The second kappa shape index (κ2) is 5.78. The summed E-state index contributed by atoms with van der Waals surface area (Å²) >= 11 is 0. The number of methoxy groups -OCH3 is 1. The Morgan fingerprint density at radius 2 is 2.21 bits per heavy atom. The molecule has 0 spiro atoms. The zero-order valence-corrected chi connectivity index (χ0v) is 11.6. The zero-order chi connectivity index (χ0) is 13.8. The highest BCUT2D eigenvalue weighted by Gasteiger charge is 2.08. The Bertz CT molecular complexity index is 575. The van der Waals surface area contributed by atoms with Gasteiger partial charge in [-0.1, -0.05) is 6.92 Å². The molecule has 0 fully saturated rings. The van der Waals surface area contributed by atoms with E-state index in [9.17, 15) is 4.79 Å². The first kappa shape index (κ1) is 13.5. The molecule has 0 radical (unpaired) electrons. The number of hydrogen-bond donors (Lipinski definition) is 1. The third kappa shape index (κ3) is 3.08. The van der Waals surface area contributed by atoms with E-state index in [1.54, 1.807) is 7.11 Å². The highest BCUT2D eigenvalue weighted by molar-refractivity contribution is 5.84. The molecule has 0 aliphatic carbocycles. The summed E-state index contributed by atoms with van der Waals surface area (Å²) in [6.45, 7) is 4.42. The number of benzene rings is 1. The summed E-state index contributed by atoms with van der Waals surface area (Å²) in [4.78, 5) is 11.9. The van der Waals surface area contributed by atoms with Gasteiger partial charge in [-0.25, -0.2) is 0 Å². The smallest absolute Gasteiger partial charge is 0.240 e. The van der Waals surface area contributed by atoms with E-state index in [4.69, 9.17) is 4.74 Å². The van der Waals surface area contributed by atoms with Crippen molar-refractivity contribution in [3.8, 4) is 5.75 Å². The molecule has 19 heavy (non-hydrogen) atoms. The van der Waals surface area contributed by atoms with Gasteiger partial charge in [-0.2, -0.15) is 0 Å². The molecule has 102 valence electrons. The zero-order valence-electron chi connectivity index (χ0n) is 11.6. The van der Waals surface area contributed by atoms with E-state index < -0.39 is 0 Å². The predicted molar refractivity (Wildman–Crippen MR) is 76.4 cm³/mol. The summed E-state index contributed by atoms with van der Waals surface area (Å²) in [5, 5.41) is 4.05. The number of carbonyl (C=O) groups excluding carboxylic acids is 1. The van der Waals surface area contributed by atoms with Crippen LogP contribution in [0.25, 0.3) is 10.9 Å². The number of nitrogens with one attached hydrogen (secondary N) is 1. The molecule has 1 unspecified atom stereocenters. The molecule has 2 aromatic rings. The molecule has 0 saturated heterocycles. The Balaban J connectivity index is 2.15. The minimum Gasteiger partial charge on any atom is -0.497 e. The van der Waals surface area contributed by atoms with E-state index in [1.807, 2.05) is 42.0 Å². The minimum absolute atomic E-state index is 0.0441. The van der Waals surface area contributed by atoms with Gasteiger partial charge in [0.1, 0.15) is 12.3 Å². The normalized spacial score (nSPS) is 12.4. The highest BCUT2D eigenvalue weighted by atomic mass is 16.5. The fourth-order valence-corrected chi connectivity index (χ4v) is 2.02. The quantitative estimate of drug-likeness (QED) is 0.898. The summed E-state index contributed by atoms with van der Waals surface area (Å²) in [6, 6.07) is 8.07. The summed E-state index contributed by atoms with van der Waals surface area (Å²) in [7, 11) is 1.65. The van der Waals surface area contributed by atoms with Crippen LogP contribution in [-0.4, -0.2) is 23.6 Å². The van der Waals surface area contributed by atoms with E-state index in [0.29, 0.717) is 6.54 Å². The van der Waals surface area contributed by atoms with Crippen LogP contribution in [0.4, 0.5) is 0 Å². The molecule has 0 saturated carbocycles. The van der Waals surface area contributed by atoms with Crippen LogP contribution in [0.15, 0.2) is 30.5 Å². The van der Waals surface area contributed by atoms with Gasteiger partial charge in [0.05, 0.1) is 7.11 Å². The number of fused-ring (bicyclic) bond motifs is 1. The molecule has 4 heteroatoms. The average molecular weight is 260 g/mol. The van der Waals surface area contributed by atoms with Gasteiger partial charge >= 0.3 is 0 Å². The monoisotopic (exact) mass is 260 g/mol. The van der Waals surface area contributed by atoms with Crippen molar-refractivity contribution in [2.45, 2.75) is 32.9 Å². The lowest BCUT2D eigenvalue weighted by atomic mass is 10.2. The molecule has 0 aliphatic rings. The second-order valence-electron chi connectivity index (χ2n) is 4.75. The maximum atomic E-state index is 11.9. The third-order valence-corrected chi connectivity index (χ3v) is 3.31. The molecule has 2 rings (SSSR count). The van der Waals surface area contributed by atoms with Crippen LogP contribution < -0.4 is 10.1 Å². The number of amides is 1. The van der Waals surface area contributed by atoms with Crippen molar-refractivity contribution in [2.24, 2.45) is 0 Å². The number of aromatic nitrogens is 1. The van der Waals surface area contributed by atoms with Crippen molar-refractivity contribution < 1.29 is 9.53 Å². The SMILES string of the molecule is CCC(C)NC(=O)Cn1ccc2cc(OC)ccc21. The summed E-state index contributed by atoms with van der Waals surface area (Å²) in [5.41, 5.74) is 1.04. The fraction of sp³-hybridized carbons (Fsp3) is 0.400. The maximum absolute atomic E-state index is 11.9. The van der Waals surface area contributed by atoms with Crippen LogP contribution >= 0.6 is 0 Å². The predicted octanol–water partition coefficient (Wildman–Crippen LogP) is 2.56. The molecule has 0 bridgehead atoms. The van der Waals surface area contributed by atoms with Crippen LogP contribution in [0, 0.1) is 0 Å². The van der Waals surface area contributed by atoms with E-state index >= 15 is 0 Å². The molecule has 1 aromatic carbocycles. The van der Waals surface area contributed by atoms with Crippen molar-refractivity contribution in [1.82, 2.24) is 9.88 Å². The maximum Gasteiger partial charge on any atom is 0.240 e. The Hall–Kier alpha value is -1.97. The summed E-state index contributed by atoms with van der Waals surface area (Å²) in [6.07, 6.45) is 2.87. The van der Waals surface area contributed by atoms with E-state index in [1.165, 1.54) is 0 Å². The first-order valence-corrected chi connectivity index (χ1v) is 6.56. The van der Waals surface area contributed by atoms with Crippen molar-refractivity contribution in [3.05, 3.63) is 30.5 Å². The molecule has 1 aromatic heterocycles. The highest BCUT2D eigenvalue weighted by Crippen LogP contribution is 2.21. The van der Waals surface area contributed by atoms with Gasteiger partial charge in [0.2, 0.25) is 5.91 Å². The number of carbonyl (C=O) groups is 1. The van der Waals surface area contributed by atoms with Gasteiger partial charge in [-0.3, -0.25) is 4.79 Å². The molecule has 4 nitrogen and oxygen atoms in total. The van der Waals surface area contributed by atoms with Crippen LogP contribution in [0.3, 0.4) is 0 Å². The number of ether oxygens (including phenoxy) is 1. The van der Waals surface area contributed by atoms with E-state index in [-0.39, 0.29) is 11.9 Å². The molecular formula is C15H20N2O2. The van der Waals surface area contributed by atoms with Gasteiger partial charge < -0.3 is 14.6 Å². The van der Waals surface area contributed by atoms with Crippen LogP contribution in [-0.2, 0) is 11.3 Å². The van der Waals surface area contributed by atoms with Gasteiger partial charge in [-0.15, -0.1) is 0 Å². The average Bonchev–Trinajstić information content (AvgIpc) is 2.80. The molecule has 1 amide bonds. The van der Waals surface area contributed by atoms with Gasteiger partial charge in [0, 0.05) is 23.1 Å². The Labute approximate surface area is 113 Å². The molecule has 1 heterocycles. The second-order valence-corrected chi connectivity index (χ2v) is 4.75. The Morgan fingerprint density at radius 3 is 2.89 bits per heavy atom. The van der Waals surface area contributed by atoms with Crippen LogP contribution in [0.1, 0.15) is 20.3 Å². The van der Waals surface area contributed by atoms with Gasteiger partial charge in [0.25, 0.3) is 0 Å². The number of hydrogen-bond acceptors (Lipinski definition) is 2. The van der Waals surface area contributed by atoms with Crippen molar-refractivity contribution in [2.75, 3.05) is 7.11 Å². The van der Waals surface area contributed by atoms with E-state index in [0.717, 1.165) is 23.1 Å². The number of rotatable bonds is 5. The summed E-state index contributed by atoms with van der Waals surface area (Å²) < 4.78 is 7.14. The lowest BCUT2D eigenvalue weighted by molar-refractivity contribution is -0.122. The van der Waals surface area contributed by atoms with Crippen molar-refractivity contribution >= 4 is 16.8 Å². The topological polar surface area (TPSA) is 43.3 Å². The molecule has 1 N–H and O–H groups in total. The number of nitrogens with zero attached hydrogens (tertiary/aromatic N) is 1. The standard InChI is InChI=1S/C15H20N2O2/c1-4-11(2)16-15(18)10-17-8-7-12-9-13(19-3)5-6-14(12)17/h5-9,11H,4,10H2,1-3H3,(H,16,18). The lowest BCUT2D eigenvalue weighted by Gasteiger charge is -2.12. The molecule has 1 atom stereocenters. The molecule has 0 aliphatic heterocycles.